The van der Waals surface area contributed by atoms with E-state index in [-0.39, 0.29) is 11.0 Å². The number of hydrogen-bond donors (Lipinski definition) is 2. The van der Waals surface area contributed by atoms with Crippen molar-refractivity contribution in [2.75, 3.05) is 0 Å². The van der Waals surface area contributed by atoms with Crippen LogP contribution in [0.5, 0.6) is 5.75 Å². The standard InChI is InChI=1S/C13H17NO/c1-9-2-3-11(15)10(8-9)12(4-5-12)13(14)6-7-13/h2-3,8,15H,4-7,14H2,1H3. The van der Waals surface area contributed by atoms with Gasteiger partial charge in [0, 0.05) is 16.5 Å². The van der Waals surface area contributed by atoms with Gasteiger partial charge in [0.2, 0.25) is 0 Å². The van der Waals surface area contributed by atoms with E-state index in [1.807, 2.05) is 6.07 Å². The summed E-state index contributed by atoms with van der Waals surface area (Å²) in [6, 6.07) is 5.86. The van der Waals surface area contributed by atoms with Gasteiger partial charge in [-0.3, -0.25) is 0 Å². The maximum atomic E-state index is 9.95. The molecule has 2 saturated carbocycles. The van der Waals surface area contributed by atoms with Gasteiger partial charge in [-0.05, 0) is 38.7 Å². The molecule has 3 N–H and O–H groups in total. The molecule has 2 nitrogen and oxygen atoms in total. The van der Waals surface area contributed by atoms with E-state index in [9.17, 15) is 5.11 Å². The number of phenols is 1. The molecule has 0 aromatic heterocycles. The lowest BCUT2D eigenvalue weighted by atomic mass is 9.85. The lowest BCUT2D eigenvalue weighted by Crippen LogP contribution is -2.37. The quantitative estimate of drug-likeness (QED) is 0.774. The number of nitrogens with two attached hydrogens (primary N) is 1. The summed E-state index contributed by atoms with van der Waals surface area (Å²) in [6.45, 7) is 2.06. The number of hydrogen-bond acceptors (Lipinski definition) is 2. The van der Waals surface area contributed by atoms with E-state index < -0.39 is 0 Å². The second-order valence-corrected chi connectivity index (χ2v) is 5.26. The van der Waals surface area contributed by atoms with E-state index in [1.165, 1.54) is 5.56 Å². The molecule has 0 aliphatic heterocycles. The summed E-state index contributed by atoms with van der Waals surface area (Å²) in [7, 11) is 0. The highest BCUT2D eigenvalue weighted by Gasteiger charge is 2.64. The Labute approximate surface area is 90.1 Å². The third kappa shape index (κ3) is 1.14. The average molecular weight is 203 g/mol. The Hall–Kier alpha value is -1.02. The van der Waals surface area contributed by atoms with E-state index in [1.54, 1.807) is 6.07 Å². The van der Waals surface area contributed by atoms with Crippen molar-refractivity contribution < 1.29 is 5.11 Å². The summed E-state index contributed by atoms with van der Waals surface area (Å²) < 4.78 is 0. The van der Waals surface area contributed by atoms with Crippen molar-refractivity contribution >= 4 is 0 Å². The fourth-order valence-corrected chi connectivity index (χ4v) is 2.81. The van der Waals surface area contributed by atoms with Gasteiger partial charge < -0.3 is 10.8 Å². The Morgan fingerprint density at radius 3 is 2.40 bits per heavy atom. The Kier molecular flexibility index (Phi) is 1.57. The monoisotopic (exact) mass is 203 g/mol. The molecule has 2 heteroatoms. The minimum atomic E-state index is -0.0156. The fourth-order valence-electron chi connectivity index (χ4n) is 2.81. The molecule has 80 valence electrons. The number of aromatic hydroxyl groups is 1. The van der Waals surface area contributed by atoms with Gasteiger partial charge in [-0.2, -0.15) is 0 Å². The summed E-state index contributed by atoms with van der Waals surface area (Å²) >= 11 is 0. The lowest BCUT2D eigenvalue weighted by molar-refractivity contribution is 0.433. The van der Waals surface area contributed by atoms with E-state index in [0.717, 1.165) is 31.2 Å². The third-order valence-electron chi connectivity index (χ3n) is 4.16. The molecule has 0 spiro atoms. The zero-order chi connectivity index (χ0) is 10.7. The van der Waals surface area contributed by atoms with Crippen LogP contribution in [0, 0.1) is 6.92 Å². The predicted molar refractivity (Wildman–Crippen MR) is 59.9 cm³/mol. The number of aryl methyl sites for hydroxylation is 1. The van der Waals surface area contributed by atoms with Gasteiger partial charge in [0.15, 0.2) is 0 Å². The van der Waals surface area contributed by atoms with Crippen LogP contribution < -0.4 is 5.73 Å². The van der Waals surface area contributed by atoms with Crippen molar-refractivity contribution in [3.8, 4) is 5.75 Å². The van der Waals surface area contributed by atoms with Crippen molar-refractivity contribution in [3.63, 3.8) is 0 Å². The summed E-state index contributed by atoms with van der Waals surface area (Å²) in [6.07, 6.45) is 4.50. The zero-order valence-corrected chi connectivity index (χ0v) is 9.09. The van der Waals surface area contributed by atoms with E-state index in [2.05, 4.69) is 13.0 Å². The van der Waals surface area contributed by atoms with Crippen molar-refractivity contribution in [1.29, 1.82) is 0 Å². The summed E-state index contributed by atoms with van der Waals surface area (Å²) in [5.74, 6) is 0.426. The maximum Gasteiger partial charge on any atom is 0.119 e. The first-order valence-corrected chi connectivity index (χ1v) is 5.66. The molecule has 0 atom stereocenters. The van der Waals surface area contributed by atoms with Gasteiger partial charge in [-0.25, -0.2) is 0 Å². The highest BCUT2D eigenvalue weighted by atomic mass is 16.3. The fraction of sp³-hybridized carbons (Fsp3) is 0.538. The van der Waals surface area contributed by atoms with Gasteiger partial charge in [0.25, 0.3) is 0 Å². The van der Waals surface area contributed by atoms with E-state index >= 15 is 0 Å². The first-order chi connectivity index (χ1) is 7.07. The van der Waals surface area contributed by atoms with Crippen LogP contribution in [0.1, 0.15) is 36.8 Å². The predicted octanol–water partition coefficient (Wildman–Crippen LogP) is 2.22. The van der Waals surface area contributed by atoms with Crippen LogP contribution in [0.2, 0.25) is 0 Å². The second-order valence-electron chi connectivity index (χ2n) is 5.26. The van der Waals surface area contributed by atoms with Gasteiger partial charge >= 0.3 is 0 Å². The molecule has 0 amide bonds. The highest BCUT2D eigenvalue weighted by Crippen LogP contribution is 2.65. The molecule has 15 heavy (non-hydrogen) atoms. The summed E-state index contributed by atoms with van der Waals surface area (Å²) in [4.78, 5) is 0. The number of benzene rings is 1. The van der Waals surface area contributed by atoms with Crippen LogP contribution in [0.3, 0.4) is 0 Å². The molecule has 0 radical (unpaired) electrons. The van der Waals surface area contributed by atoms with Crippen LogP contribution in [-0.4, -0.2) is 10.6 Å². The van der Waals surface area contributed by atoms with Crippen LogP contribution in [0.4, 0.5) is 0 Å². The Morgan fingerprint density at radius 2 is 1.87 bits per heavy atom. The minimum Gasteiger partial charge on any atom is -0.508 e. The van der Waals surface area contributed by atoms with Crippen molar-refractivity contribution in [3.05, 3.63) is 29.3 Å². The molecule has 2 aliphatic rings. The molecule has 2 aliphatic carbocycles. The molecule has 0 unspecified atom stereocenters. The Morgan fingerprint density at radius 1 is 1.20 bits per heavy atom. The average Bonchev–Trinajstić information content (AvgIpc) is 3.05. The van der Waals surface area contributed by atoms with Gasteiger partial charge in [-0.15, -0.1) is 0 Å². The molecule has 2 fully saturated rings. The number of rotatable bonds is 2. The first-order valence-electron chi connectivity index (χ1n) is 5.66. The molecular formula is C13H17NO. The normalized spacial score (nSPS) is 24.9. The van der Waals surface area contributed by atoms with Crippen molar-refractivity contribution in [1.82, 2.24) is 0 Å². The second kappa shape index (κ2) is 2.56. The van der Waals surface area contributed by atoms with Crippen LogP contribution >= 0.6 is 0 Å². The van der Waals surface area contributed by atoms with Crippen LogP contribution in [0.25, 0.3) is 0 Å². The molecule has 0 heterocycles. The van der Waals surface area contributed by atoms with Crippen molar-refractivity contribution in [2.24, 2.45) is 5.73 Å². The SMILES string of the molecule is Cc1ccc(O)c(C2(C3(N)CC3)CC2)c1. The Balaban J connectivity index is 2.09. The summed E-state index contributed by atoms with van der Waals surface area (Å²) in [5.41, 5.74) is 8.70. The third-order valence-corrected chi connectivity index (χ3v) is 4.16. The van der Waals surface area contributed by atoms with Crippen LogP contribution in [0.15, 0.2) is 18.2 Å². The molecular weight excluding hydrogens is 186 g/mol. The molecule has 0 saturated heterocycles. The summed E-state index contributed by atoms with van der Waals surface area (Å²) in [5, 5.41) is 9.95. The zero-order valence-electron chi connectivity index (χ0n) is 9.09. The van der Waals surface area contributed by atoms with Crippen LogP contribution in [-0.2, 0) is 5.41 Å². The molecule has 3 rings (SSSR count). The minimum absolute atomic E-state index is 0.0156. The highest BCUT2D eigenvalue weighted by molar-refractivity contribution is 5.49. The van der Waals surface area contributed by atoms with E-state index in [4.69, 9.17) is 5.73 Å². The molecule has 1 aromatic rings. The van der Waals surface area contributed by atoms with E-state index in [0.29, 0.717) is 5.75 Å². The number of phenolic OH excluding ortho intramolecular Hbond substituents is 1. The lowest BCUT2D eigenvalue weighted by Gasteiger charge is -2.24. The largest absolute Gasteiger partial charge is 0.508 e. The Bertz CT molecular complexity index is 417. The molecule has 1 aromatic carbocycles. The van der Waals surface area contributed by atoms with Crippen molar-refractivity contribution in [2.45, 2.75) is 43.6 Å². The topological polar surface area (TPSA) is 46.2 Å². The van der Waals surface area contributed by atoms with Gasteiger partial charge in [0.1, 0.15) is 5.75 Å². The maximum absolute atomic E-state index is 9.95. The smallest absolute Gasteiger partial charge is 0.119 e. The molecule has 0 bridgehead atoms. The van der Waals surface area contributed by atoms with Gasteiger partial charge in [-0.1, -0.05) is 17.7 Å². The first kappa shape index (κ1) is 9.22. The van der Waals surface area contributed by atoms with Gasteiger partial charge in [0.05, 0.1) is 0 Å².